The van der Waals surface area contributed by atoms with Crippen molar-refractivity contribution in [1.82, 2.24) is 14.9 Å². The summed E-state index contributed by atoms with van der Waals surface area (Å²) in [6.07, 6.45) is 9.32. The van der Waals surface area contributed by atoms with Crippen molar-refractivity contribution in [2.75, 3.05) is 6.54 Å². The van der Waals surface area contributed by atoms with Crippen LogP contribution in [0.3, 0.4) is 0 Å². The van der Waals surface area contributed by atoms with E-state index in [4.69, 9.17) is 11.6 Å². The molecule has 1 N–H and O–H groups in total. The van der Waals surface area contributed by atoms with E-state index < -0.39 is 23.5 Å². The van der Waals surface area contributed by atoms with Gasteiger partial charge in [0.15, 0.2) is 0 Å². The van der Waals surface area contributed by atoms with Crippen molar-refractivity contribution in [3.8, 4) is 0 Å². The summed E-state index contributed by atoms with van der Waals surface area (Å²) in [5.74, 6) is -1.90. The number of aryl methyl sites for hydroxylation is 1. The summed E-state index contributed by atoms with van der Waals surface area (Å²) in [6, 6.07) is 9.01. The number of nitrogens with zero attached hydrogens (tertiary/aromatic N) is 3. The smallest absolute Gasteiger partial charge is 0.295 e. The number of carbonyl (C=O) groups excluding carboxylic acids is 2. The first-order chi connectivity index (χ1) is 14.6. The highest BCUT2D eigenvalue weighted by atomic mass is 35.5. The van der Waals surface area contributed by atoms with Gasteiger partial charge in [-0.05, 0) is 29.3 Å². The minimum absolute atomic E-state index is 0.0513. The number of ketones is 1. The third kappa shape index (κ3) is 3.84. The maximum atomic E-state index is 13.2. The Morgan fingerprint density at radius 2 is 2.03 bits per heavy atom. The zero-order valence-corrected chi connectivity index (χ0v) is 16.7. The Hall–Kier alpha value is -3.45. The molecule has 4 rings (SSSR count). The molecular weight excluding hydrogens is 404 g/mol. The molecule has 8 heteroatoms. The summed E-state index contributed by atoms with van der Waals surface area (Å²) in [4.78, 5) is 34.2. The van der Waals surface area contributed by atoms with Gasteiger partial charge in [-0.15, -0.1) is 0 Å². The van der Waals surface area contributed by atoms with Gasteiger partial charge in [0.05, 0.1) is 12.6 Å². The van der Waals surface area contributed by atoms with E-state index >= 15 is 0 Å². The average Bonchev–Trinajstić information content (AvgIpc) is 3.37. The van der Waals surface area contributed by atoms with Crippen molar-refractivity contribution in [3.05, 3.63) is 89.2 Å². The number of hydrogen-bond acceptors (Lipinski definition) is 4. The van der Waals surface area contributed by atoms with Crippen molar-refractivity contribution in [2.45, 2.75) is 19.0 Å². The molecule has 1 fully saturated rings. The van der Waals surface area contributed by atoms with Crippen molar-refractivity contribution < 1.29 is 19.3 Å². The molecule has 0 radical (unpaired) electrons. The number of rotatable bonds is 6. The molecule has 0 aliphatic carbocycles. The number of halogens is 1. The molecule has 1 aliphatic rings. The zero-order chi connectivity index (χ0) is 21.1. The van der Waals surface area contributed by atoms with E-state index in [0.29, 0.717) is 35.7 Å². The molecule has 1 unspecified atom stereocenters. The van der Waals surface area contributed by atoms with E-state index in [9.17, 15) is 14.7 Å². The summed E-state index contributed by atoms with van der Waals surface area (Å²) in [7, 11) is 0. The molecule has 152 valence electrons. The molecular formula is C22H19ClN4O3. The molecule has 3 heterocycles. The number of hydrogen-bond donors (Lipinski definition) is 1. The van der Waals surface area contributed by atoms with Crippen LogP contribution in [-0.2, 0) is 16.1 Å². The monoisotopic (exact) mass is 422 g/mol. The lowest BCUT2D eigenvalue weighted by Crippen LogP contribution is -2.36. The van der Waals surface area contributed by atoms with Gasteiger partial charge in [0.2, 0.25) is 12.1 Å². The maximum Gasteiger partial charge on any atom is 0.295 e. The lowest BCUT2D eigenvalue weighted by Gasteiger charge is -2.27. The van der Waals surface area contributed by atoms with Crippen LogP contribution in [0.15, 0.2) is 73.1 Å². The summed E-state index contributed by atoms with van der Waals surface area (Å²) >= 11 is 5.92. The molecule has 0 bridgehead atoms. The van der Waals surface area contributed by atoms with E-state index in [0.717, 1.165) is 0 Å². The Balaban J connectivity index is 1.71. The van der Waals surface area contributed by atoms with Crippen LogP contribution in [0.2, 0.25) is 5.02 Å². The van der Waals surface area contributed by atoms with Gasteiger partial charge in [-0.3, -0.25) is 19.6 Å². The normalized spacial score (nSPS) is 18.2. The van der Waals surface area contributed by atoms with Crippen LogP contribution < -0.4 is 9.67 Å². The highest BCUT2D eigenvalue weighted by molar-refractivity contribution is 6.46. The highest BCUT2D eigenvalue weighted by Crippen LogP contribution is 2.38. The number of Topliss-reactive ketones (excluding diaryl/α,β-unsaturated/α-hetero) is 1. The molecule has 1 atom stereocenters. The van der Waals surface area contributed by atoms with Crippen molar-refractivity contribution in [2.24, 2.45) is 0 Å². The second kappa shape index (κ2) is 8.51. The van der Waals surface area contributed by atoms with Gasteiger partial charge in [-0.1, -0.05) is 35.6 Å². The van der Waals surface area contributed by atoms with Crippen molar-refractivity contribution in [1.29, 1.82) is 0 Å². The lowest BCUT2D eigenvalue weighted by molar-refractivity contribution is -0.695. The fourth-order valence-electron chi connectivity index (χ4n) is 3.63. The lowest BCUT2D eigenvalue weighted by atomic mass is 9.96. The summed E-state index contributed by atoms with van der Waals surface area (Å²) in [5, 5.41) is 13.7. The Morgan fingerprint density at radius 3 is 2.70 bits per heavy atom. The predicted octanol–water partition coefficient (Wildman–Crippen LogP) is 1.66. The van der Waals surface area contributed by atoms with Crippen molar-refractivity contribution in [3.63, 3.8) is 0 Å². The fraction of sp³-hybridized carbons (Fsp3) is 0.182. The number of imidazole rings is 1. The molecule has 1 amide bonds. The first-order valence-electron chi connectivity index (χ1n) is 9.50. The van der Waals surface area contributed by atoms with Crippen LogP contribution in [-0.4, -0.2) is 33.1 Å². The number of amides is 1. The van der Waals surface area contributed by atoms with Gasteiger partial charge in [0, 0.05) is 36.0 Å². The second-order valence-electron chi connectivity index (χ2n) is 6.97. The molecule has 1 aliphatic heterocycles. The summed E-state index contributed by atoms with van der Waals surface area (Å²) in [5.41, 5.74) is 0.891. The maximum absolute atomic E-state index is 13.2. The van der Waals surface area contributed by atoms with E-state index in [-0.39, 0.29) is 5.57 Å². The van der Waals surface area contributed by atoms with Crippen LogP contribution >= 0.6 is 11.6 Å². The van der Waals surface area contributed by atoms with E-state index in [1.54, 1.807) is 55.0 Å². The van der Waals surface area contributed by atoms with Gasteiger partial charge >= 0.3 is 0 Å². The average molecular weight is 423 g/mol. The highest BCUT2D eigenvalue weighted by Gasteiger charge is 2.44. The van der Waals surface area contributed by atoms with Gasteiger partial charge in [0.1, 0.15) is 12.4 Å². The zero-order valence-electron chi connectivity index (χ0n) is 16.0. The molecule has 0 saturated carbocycles. The SMILES string of the molecule is O=C1C(=O)N(CCC[n+]2cc[nH]c2)C(c2cccnc2)C1=C([O-])c1ccc(Cl)cc1. The van der Waals surface area contributed by atoms with Crippen molar-refractivity contribution >= 4 is 29.1 Å². The summed E-state index contributed by atoms with van der Waals surface area (Å²) in [6.45, 7) is 1.00. The van der Waals surface area contributed by atoms with Crippen LogP contribution in [0.1, 0.15) is 23.6 Å². The van der Waals surface area contributed by atoms with Crippen LogP contribution in [0.25, 0.3) is 5.76 Å². The van der Waals surface area contributed by atoms with E-state index in [1.807, 2.05) is 17.1 Å². The van der Waals surface area contributed by atoms with E-state index in [2.05, 4.69) is 9.97 Å². The minimum atomic E-state index is -0.766. The molecule has 0 spiro atoms. The molecule has 7 nitrogen and oxygen atoms in total. The third-order valence-corrected chi connectivity index (χ3v) is 5.31. The largest absolute Gasteiger partial charge is 0.872 e. The van der Waals surface area contributed by atoms with Gasteiger partial charge < -0.3 is 10.0 Å². The number of aromatic nitrogens is 3. The Kier molecular flexibility index (Phi) is 5.63. The van der Waals surface area contributed by atoms with Gasteiger partial charge in [-0.25, -0.2) is 4.57 Å². The number of carbonyl (C=O) groups is 2. The topological polar surface area (TPSA) is 93.0 Å². The number of nitrogens with one attached hydrogen (secondary N) is 1. The van der Waals surface area contributed by atoms with Crippen LogP contribution in [0.4, 0.5) is 0 Å². The molecule has 3 aromatic rings. The van der Waals surface area contributed by atoms with Gasteiger partial charge in [0.25, 0.3) is 5.91 Å². The minimum Gasteiger partial charge on any atom is -0.872 e. The predicted molar refractivity (Wildman–Crippen MR) is 108 cm³/mol. The number of likely N-dealkylation sites (tertiary alicyclic amines) is 1. The Labute approximate surface area is 178 Å². The molecule has 1 aromatic carbocycles. The number of benzene rings is 1. The first kappa shape index (κ1) is 19.8. The second-order valence-corrected chi connectivity index (χ2v) is 7.41. The Bertz CT molecular complexity index is 1080. The van der Waals surface area contributed by atoms with E-state index in [1.165, 1.54) is 4.90 Å². The van der Waals surface area contributed by atoms with Crippen LogP contribution in [0, 0.1) is 0 Å². The quantitative estimate of drug-likeness (QED) is 0.283. The fourth-order valence-corrected chi connectivity index (χ4v) is 3.75. The molecule has 30 heavy (non-hydrogen) atoms. The molecule has 1 saturated heterocycles. The molecule has 2 aromatic heterocycles. The Morgan fingerprint density at radius 1 is 1.23 bits per heavy atom. The standard InChI is InChI=1S/C22H19ClN4O3/c23-17-6-4-15(5-7-17)20(28)18-19(16-3-1-8-24-13-16)27(22(30)21(18)29)11-2-10-26-12-9-25-14-26/h1,3-9,12-14,19H,2,10-11H2,(H,28,29). The first-order valence-corrected chi connectivity index (χ1v) is 9.88. The number of aromatic amines is 1. The number of H-pyrrole nitrogens is 1. The van der Waals surface area contributed by atoms with Crippen LogP contribution in [0.5, 0.6) is 0 Å². The summed E-state index contributed by atoms with van der Waals surface area (Å²) < 4.78 is 1.95. The van der Waals surface area contributed by atoms with Gasteiger partial charge in [-0.2, -0.15) is 0 Å². The third-order valence-electron chi connectivity index (χ3n) is 5.05. The number of pyridine rings is 1.